The zero-order valence-corrected chi connectivity index (χ0v) is 15.8. The molecule has 0 aliphatic carbocycles. The first kappa shape index (κ1) is 17.9. The molecule has 0 saturated carbocycles. The molecule has 9 nitrogen and oxygen atoms in total. The van der Waals surface area contributed by atoms with Gasteiger partial charge >= 0.3 is 0 Å². The Labute approximate surface area is 161 Å². The summed E-state index contributed by atoms with van der Waals surface area (Å²) < 4.78 is 3.32. The Morgan fingerprint density at radius 1 is 1.04 bits per heavy atom. The van der Waals surface area contributed by atoms with Crippen LogP contribution >= 0.6 is 0 Å². The van der Waals surface area contributed by atoms with Crippen molar-refractivity contribution in [3.63, 3.8) is 0 Å². The zero-order valence-electron chi connectivity index (χ0n) is 15.8. The molecule has 1 aliphatic heterocycles. The van der Waals surface area contributed by atoms with Gasteiger partial charge in [0.15, 0.2) is 0 Å². The maximum Gasteiger partial charge on any atom is 0.263 e. The lowest BCUT2D eigenvalue weighted by atomic mass is 10.2. The molecule has 1 saturated heterocycles. The van der Waals surface area contributed by atoms with Crippen molar-refractivity contribution in [2.75, 3.05) is 31.1 Å². The van der Waals surface area contributed by atoms with E-state index in [2.05, 4.69) is 19.9 Å². The zero-order chi connectivity index (χ0) is 19.7. The van der Waals surface area contributed by atoms with Crippen LogP contribution in [0, 0.1) is 6.92 Å². The Morgan fingerprint density at radius 2 is 1.79 bits per heavy atom. The van der Waals surface area contributed by atoms with Gasteiger partial charge in [-0.05, 0) is 19.1 Å². The summed E-state index contributed by atoms with van der Waals surface area (Å²) in [6, 6.07) is 5.21. The molecule has 144 valence electrons. The quantitative estimate of drug-likeness (QED) is 0.663. The highest BCUT2D eigenvalue weighted by atomic mass is 16.2. The third-order valence-corrected chi connectivity index (χ3v) is 4.96. The van der Waals surface area contributed by atoms with Gasteiger partial charge in [-0.15, -0.1) is 0 Å². The van der Waals surface area contributed by atoms with Gasteiger partial charge < -0.3 is 14.4 Å². The molecule has 0 spiro atoms. The molecule has 4 rings (SSSR count). The van der Waals surface area contributed by atoms with Crippen molar-refractivity contribution in [1.29, 1.82) is 0 Å². The van der Waals surface area contributed by atoms with E-state index >= 15 is 0 Å². The van der Waals surface area contributed by atoms with Crippen molar-refractivity contribution >= 4 is 11.7 Å². The molecule has 0 N–H and O–H groups in total. The van der Waals surface area contributed by atoms with Gasteiger partial charge in [-0.3, -0.25) is 14.2 Å². The Hall–Kier alpha value is -3.49. The molecule has 9 heteroatoms. The predicted octanol–water partition coefficient (Wildman–Crippen LogP) is 0.632. The number of piperazine rings is 1. The largest absolute Gasteiger partial charge is 0.353 e. The first-order valence-corrected chi connectivity index (χ1v) is 9.07. The van der Waals surface area contributed by atoms with Gasteiger partial charge in [-0.1, -0.05) is 0 Å². The van der Waals surface area contributed by atoms with E-state index in [-0.39, 0.29) is 17.0 Å². The summed E-state index contributed by atoms with van der Waals surface area (Å²) in [7, 11) is 1.64. The normalized spacial score (nSPS) is 14.4. The first-order valence-electron chi connectivity index (χ1n) is 9.07. The number of pyridine rings is 1. The smallest absolute Gasteiger partial charge is 0.263 e. The van der Waals surface area contributed by atoms with E-state index in [0.29, 0.717) is 26.2 Å². The molecule has 0 aromatic carbocycles. The van der Waals surface area contributed by atoms with Gasteiger partial charge in [0.1, 0.15) is 29.4 Å². The summed E-state index contributed by atoms with van der Waals surface area (Å²) in [5.74, 6) is 2.19. The Morgan fingerprint density at radius 3 is 2.50 bits per heavy atom. The van der Waals surface area contributed by atoms with Crippen LogP contribution in [0.4, 0.5) is 5.82 Å². The van der Waals surface area contributed by atoms with E-state index < -0.39 is 0 Å². The lowest BCUT2D eigenvalue weighted by Gasteiger charge is -2.35. The summed E-state index contributed by atoms with van der Waals surface area (Å²) in [6.45, 7) is 4.25. The number of hydrogen-bond acceptors (Lipinski definition) is 6. The van der Waals surface area contributed by atoms with E-state index in [0.717, 1.165) is 17.5 Å². The third kappa shape index (κ3) is 3.26. The number of anilines is 1. The maximum absolute atomic E-state index is 12.7. The van der Waals surface area contributed by atoms with Crippen molar-refractivity contribution in [2.45, 2.75) is 6.92 Å². The number of hydrogen-bond donors (Lipinski definition) is 0. The lowest BCUT2D eigenvalue weighted by molar-refractivity contribution is 0.0744. The molecule has 28 heavy (non-hydrogen) atoms. The van der Waals surface area contributed by atoms with Crippen molar-refractivity contribution in [2.24, 2.45) is 7.05 Å². The van der Waals surface area contributed by atoms with E-state index in [1.807, 2.05) is 23.8 Å². The van der Waals surface area contributed by atoms with Crippen LogP contribution in [0.2, 0.25) is 0 Å². The van der Waals surface area contributed by atoms with Gasteiger partial charge in [0.05, 0.1) is 0 Å². The van der Waals surface area contributed by atoms with Crippen LogP contribution in [0.3, 0.4) is 0 Å². The molecule has 1 fully saturated rings. The fraction of sp³-hybridized carbons (Fsp3) is 0.316. The number of carbonyl (C=O) groups excluding carboxylic acids is 1. The van der Waals surface area contributed by atoms with Gasteiger partial charge in [-0.2, -0.15) is 0 Å². The highest BCUT2D eigenvalue weighted by molar-refractivity contribution is 5.94. The molecule has 4 heterocycles. The monoisotopic (exact) mass is 379 g/mol. The molecule has 3 aromatic heterocycles. The highest BCUT2D eigenvalue weighted by Crippen LogP contribution is 2.17. The minimum atomic E-state index is -0.272. The van der Waals surface area contributed by atoms with E-state index in [9.17, 15) is 9.59 Å². The van der Waals surface area contributed by atoms with Crippen molar-refractivity contribution < 1.29 is 4.79 Å². The number of carbonyl (C=O) groups is 1. The topological polar surface area (TPSA) is 89.2 Å². The second-order valence-electron chi connectivity index (χ2n) is 6.70. The van der Waals surface area contributed by atoms with Crippen molar-refractivity contribution in [1.82, 2.24) is 29.0 Å². The lowest BCUT2D eigenvalue weighted by Crippen LogP contribution is -2.50. The van der Waals surface area contributed by atoms with Gasteiger partial charge in [-0.25, -0.2) is 15.0 Å². The molecular formula is C19H21N7O2. The minimum Gasteiger partial charge on any atom is -0.353 e. The second-order valence-corrected chi connectivity index (χ2v) is 6.70. The fourth-order valence-electron chi connectivity index (χ4n) is 3.33. The number of aryl methyl sites for hydroxylation is 2. The molecule has 0 bridgehead atoms. The second kappa shape index (κ2) is 7.26. The number of nitrogens with zero attached hydrogens (tertiary/aromatic N) is 7. The third-order valence-electron chi connectivity index (χ3n) is 4.96. The molecule has 1 amide bonds. The fourth-order valence-corrected chi connectivity index (χ4v) is 3.33. The number of aromatic nitrogens is 5. The molecule has 1 aliphatic rings. The Kier molecular flexibility index (Phi) is 4.64. The van der Waals surface area contributed by atoms with Crippen molar-refractivity contribution in [3.8, 4) is 5.82 Å². The minimum absolute atomic E-state index is 0.207. The summed E-state index contributed by atoms with van der Waals surface area (Å²) in [6.07, 6.45) is 6.77. The number of imidazole rings is 1. The van der Waals surface area contributed by atoms with E-state index in [1.165, 1.54) is 10.9 Å². The molecule has 3 aromatic rings. The van der Waals surface area contributed by atoms with Crippen LogP contribution in [0.25, 0.3) is 5.82 Å². The maximum atomic E-state index is 12.7. The first-order chi connectivity index (χ1) is 13.5. The van der Waals surface area contributed by atoms with Crippen LogP contribution in [0.1, 0.15) is 16.2 Å². The number of amides is 1. The average molecular weight is 379 g/mol. The summed E-state index contributed by atoms with van der Waals surface area (Å²) in [5.41, 5.74) is -0.0653. The van der Waals surface area contributed by atoms with Crippen LogP contribution < -0.4 is 10.5 Å². The molecule has 0 unspecified atom stereocenters. The van der Waals surface area contributed by atoms with Crippen LogP contribution in [0.5, 0.6) is 0 Å². The summed E-state index contributed by atoms with van der Waals surface area (Å²) in [5, 5.41) is 0. The highest BCUT2D eigenvalue weighted by Gasteiger charge is 2.25. The predicted molar refractivity (Wildman–Crippen MR) is 104 cm³/mol. The molecular weight excluding hydrogens is 358 g/mol. The van der Waals surface area contributed by atoms with Gasteiger partial charge in [0, 0.05) is 57.9 Å². The standard InChI is InChI=1S/C19H21N7O2/c1-14-20-5-7-26(14)17-12-16(21-13-22-17)24-8-10-25(11-9-24)19(28)15-4-3-6-23(2)18(15)27/h3-7,12-13H,8-11H2,1-2H3. The van der Waals surface area contributed by atoms with E-state index in [4.69, 9.17) is 0 Å². The van der Waals surface area contributed by atoms with Crippen molar-refractivity contribution in [3.05, 3.63) is 64.9 Å². The molecule has 0 atom stereocenters. The molecule has 0 radical (unpaired) electrons. The SMILES string of the molecule is Cc1nccn1-c1cc(N2CCN(C(=O)c3cccn(C)c3=O)CC2)ncn1. The van der Waals surface area contributed by atoms with Gasteiger partial charge in [0.2, 0.25) is 0 Å². The summed E-state index contributed by atoms with van der Waals surface area (Å²) >= 11 is 0. The van der Waals surface area contributed by atoms with Crippen LogP contribution in [0.15, 0.2) is 47.9 Å². The average Bonchev–Trinajstić information content (AvgIpc) is 3.16. The number of rotatable bonds is 3. The van der Waals surface area contributed by atoms with Gasteiger partial charge in [0.25, 0.3) is 11.5 Å². The Bertz CT molecular complexity index is 1060. The van der Waals surface area contributed by atoms with Crippen LogP contribution in [-0.4, -0.2) is 61.1 Å². The van der Waals surface area contributed by atoms with E-state index in [1.54, 1.807) is 36.5 Å². The van der Waals surface area contributed by atoms with Crippen LogP contribution in [-0.2, 0) is 7.05 Å². The Balaban J connectivity index is 1.47. The summed E-state index contributed by atoms with van der Waals surface area (Å²) in [4.78, 5) is 41.7.